The minimum absolute atomic E-state index is 0.681. The lowest BCUT2D eigenvalue weighted by atomic mass is 9.95. The number of ether oxygens (including phenoxy) is 1. The molecule has 4 heteroatoms. The molecule has 0 amide bonds. The molecule has 0 N–H and O–H groups in total. The lowest BCUT2D eigenvalue weighted by Gasteiger charge is -2.33. The number of methoxy groups -OCH3 is 1. The highest BCUT2D eigenvalue weighted by Crippen LogP contribution is 2.33. The van der Waals surface area contributed by atoms with Crippen molar-refractivity contribution in [3.63, 3.8) is 0 Å². The zero-order valence-corrected chi connectivity index (χ0v) is 16.8. The molecule has 2 aromatic carbocycles. The Morgan fingerprint density at radius 3 is 2.64 bits per heavy atom. The first kappa shape index (κ1) is 18.8. The molecule has 0 radical (unpaired) electrons. The first-order valence-electron chi connectivity index (χ1n) is 10.2. The predicted molar refractivity (Wildman–Crippen MR) is 113 cm³/mol. The van der Waals surface area contributed by atoms with Crippen LogP contribution in [0.3, 0.4) is 0 Å². The van der Waals surface area contributed by atoms with Crippen LogP contribution in [0, 0.1) is 12.8 Å². The molecule has 4 nitrogen and oxygen atoms in total. The van der Waals surface area contributed by atoms with Crippen LogP contribution in [0.2, 0.25) is 0 Å². The molecule has 4 rings (SSSR count). The van der Waals surface area contributed by atoms with E-state index in [1.54, 1.807) is 7.11 Å². The molecule has 2 heterocycles. The second kappa shape index (κ2) is 8.61. The summed E-state index contributed by atoms with van der Waals surface area (Å²) in [6.45, 7) is 6.44. The minimum atomic E-state index is 0.681. The van der Waals surface area contributed by atoms with Gasteiger partial charge in [-0.3, -0.25) is 4.90 Å². The molecule has 1 aromatic heterocycles. The van der Waals surface area contributed by atoms with E-state index in [-0.39, 0.29) is 0 Å². The summed E-state index contributed by atoms with van der Waals surface area (Å²) < 4.78 is 7.90. The van der Waals surface area contributed by atoms with E-state index in [0.717, 1.165) is 31.2 Å². The van der Waals surface area contributed by atoms with Gasteiger partial charge in [-0.15, -0.1) is 0 Å². The fourth-order valence-corrected chi connectivity index (χ4v) is 4.35. The van der Waals surface area contributed by atoms with Crippen LogP contribution in [0.15, 0.2) is 60.9 Å². The summed E-state index contributed by atoms with van der Waals surface area (Å²) >= 11 is 0. The fraction of sp³-hybridized carbons (Fsp3) is 0.375. The van der Waals surface area contributed by atoms with Crippen molar-refractivity contribution in [2.75, 3.05) is 20.2 Å². The van der Waals surface area contributed by atoms with Gasteiger partial charge >= 0.3 is 0 Å². The Labute approximate surface area is 167 Å². The number of nitrogens with zero attached hydrogens (tertiary/aromatic N) is 3. The highest BCUT2D eigenvalue weighted by atomic mass is 16.5. The minimum Gasteiger partial charge on any atom is -0.496 e. The molecule has 3 aromatic rings. The zero-order chi connectivity index (χ0) is 19.3. The number of para-hydroxylation sites is 1. The van der Waals surface area contributed by atoms with E-state index in [4.69, 9.17) is 4.74 Å². The van der Waals surface area contributed by atoms with Crippen molar-refractivity contribution < 1.29 is 4.74 Å². The molecule has 0 bridgehead atoms. The molecule has 0 saturated carbocycles. The van der Waals surface area contributed by atoms with Crippen LogP contribution in [0.25, 0.3) is 11.1 Å². The van der Waals surface area contributed by atoms with Crippen LogP contribution >= 0.6 is 0 Å². The molecule has 1 atom stereocenters. The van der Waals surface area contributed by atoms with Gasteiger partial charge < -0.3 is 9.30 Å². The highest BCUT2D eigenvalue weighted by Gasteiger charge is 2.22. The van der Waals surface area contributed by atoms with Gasteiger partial charge in [-0.2, -0.15) is 0 Å². The van der Waals surface area contributed by atoms with E-state index < -0.39 is 0 Å². The number of piperidine rings is 1. The molecule has 1 saturated heterocycles. The standard InChI is InChI=1S/C24H29N3O/c1-19-25-13-15-27(19)17-20-8-7-14-26(16-20)18-21-9-3-4-10-22(21)23-11-5-6-12-24(23)28-2/h3-6,9-13,15,20H,7-8,14,16-18H2,1-2H3/t20-/m0/s1. The summed E-state index contributed by atoms with van der Waals surface area (Å²) in [5.41, 5.74) is 3.81. The summed E-state index contributed by atoms with van der Waals surface area (Å²) in [5.74, 6) is 2.72. The Morgan fingerprint density at radius 1 is 1.07 bits per heavy atom. The van der Waals surface area contributed by atoms with Gasteiger partial charge in [-0.1, -0.05) is 42.5 Å². The number of hydrogen-bond donors (Lipinski definition) is 0. The van der Waals surface area contributed by atoms with E-state index in [2.05, 4.69) is 64.0 Å². The van der Waals surface area contributed by atoms with Crippen LogP contribution < -0.4 is 4.74 Å². The van der Waals surface area contributed by atoms with Crippen molar-refractivity contribution in [1.82, 2.24) is 14.5 Å². The van der Waals surface area contributed by atoms with Crippen molar-refractivity contribution in [2.24, 2.45) is 5.92 Å². The van der Waals surface area contributed by atoms with Crippen LogP contribution in [0.5, 0.6) is 5.75 Å². The Morgan fingerprint density at radius 2 is 1.86 bits per heavy atom. The van der Waals surface area contributed by atoms with E-state index in [1.807, 2.05) is 18.3 Å². The van der Waals surface area contributed by atoms with E-state index in [1.165, 1.54) is 36.1 Å². The largest absolute Gasteiger partial charge is 0.496 e. The molecule has 0 aliphatic carbocycles. The summed E-state index contributed by atoms with van der Waals surface area (Å²) in [6.07, 6.45) is 6.56. The van der Waals surface area contributed by atoms with Crippen molar-refractivity contribution >= 4 is 0 Å². The average molecular weight is 376 g/mol. The summed E-state index contributed by atoms with van der Waals surface area (Å²) in [5, 5.41) is 0. The first-order chi connectivity index (χ1) is 13.7. The second-order valence-corrected chi connectivity index (χ2v) is 7.73. The smallest absolute Gasteiger partial charge is 0.126 e. The molecule has 1 fully saturated rings. The quantitative estimate of drug-likeness (QED) is 0.621. The SMILES string of the molecule is COc1ccccc1-c1ccccc1CN1CCC[C@H](Cn2ccnc2C)C1. The van der Waals surface area contributed by atoms with Crippen molar-refractivity contribution in [1.29, 1.82) is 0 Å². The molecular weight excluding hydrogens is 346 g/mol. The van der Waals surface area contributed by atoms with Crippen molar-refractivity contribution in [3.8, 4) is 16.9 Å². The van der Waals surface area contributed by atoms with E-state index in [9.17, 15) is 0 Å². The number of benzene rings is 2. The average Bonchev–Trinajstić information content (AvgIpc) is 3.13. The normalized spacial score (nSPS) is 17.6. The summed E-state index contributed by atoms with van der Waals surface area (Å²) in [7, 11) is 1.74. The van der Waals surface area contributed by atoms with Crippen LogP contribution in [-0.4, -0.2) is 34.7 Å². The van der Waals surface area contributed by atoms with Gasteiger partial charge in [0.1, 0.15) is 11.6 Å². The number of likely N-dealkylation sites (tertiary alicyclic amines) is 1. The summed E-state index contributed by atoms with van der Waals surface area (Å²) in [6, 6.07) is 17.0. The highest BCUT2D eigenvalue weighted by molar-refractivity contribution is 5.73. The second-order valence-electron chi connectivity index (χ2n) is 7.73. The van der Waals surface area contributed by atoms with Gasteiger partial charge in [-0.05, 0) is 49.4 Å². The number of rotatable bonds is 6. The third kappa shape index (κ3) is 4.12. The van der Waals surface area contributed by atoms with Gasteiger partial charge in [0.2, 0.25) is 0 Å². The maximum absolute atomic E-state index is 5.61. The number of hydrogen-bond acceptors (Lipinski definition) is 3. The maximum Gasteiger partial charge on any atom is 0.126 e. The molecule has 0 unspecified atom stereocenters. The van der Waals surface area contributed by atoms with Gasteiger partial charge in [-0.25, -0.2) is 4.98 Å². The van der Waals surface area contributed by atoms with Crippen molar-refractivity contribution in [2.45, 2.75) is 32.9 Å². The monoisotopic (exact) mass is 375 g/mol. The van der Waals surface area contributed by atoms with Crippen LogP contribution in [0.1, 0.15) is 24.2 Å². The Balaban J connectivity index is 1.51. The molecule has 1 aliphatic rings. The maximum atomic E-state index is 5.61. The van der Waals surface area contributed by atoms with E-state index in [0.29, 0.717) is 5.92 Å². The number of imidazole rings is 1. The zero-order valence-electron chi connectivity index (χ0n) is 16.8. The predicted octanol–water partition coefficient (Wildman–Crippen LogP) is 4.78. The molecule has 146 valence electrons. The van der Waals surface area contributed by atoms with E-state index >= 15 is 0 Å². The Bertz CT molecular complexity index is 917. The van der Waals surface area contributed by atoms with Crippen LogP contribution in [-0.2, 0) is 13.1 Å². The molecule has 28 heavy (non-hydrogen) atoms. The van der Waals surface area contributed by atoms with Crippen molar-refractivity contribution in [3.05, 3.63) is 72.3 Å². The molecule has 0 spiro atoms. The summed E-state index contributed by atoms with van der Waals surface area (Å²) in [4.78, 5) is 6.97. The topological polar surface area (TPSA) is 30.3 Å². The first-order valence-corrected chi connectivity index (χ1v) is 10.2. The fourth-order valence-electron chi connectivity index (χ4n) is 4.35. The number of aromatic nitrogens is 2. The lowest BCUT2D eigenvalue weighted by molar-refractivity contribution is 0.155. The van der Waals surface area contributed by atoms with Gasteiger partial charge in [0, 0.05) is 37.6 Å². The third-order valence-corrected chi connectivity index (χ3v) is 5.79. The van der Waals surface area contributed by atoms with Gasteiger partial charge in [0.25, 0.3) is 0 Å². The van der Waals surface area contributed by atoms with Crippen LogP contribution in [0.4, 0.5) is 0 Å². The Hall–Kier alpha value is -2.59. The third-order valence-electron chi connectivity index (χ3n) is 5.79. The molecule has 1 aliphatic heterocycles. The van der Waals surface area contributed by atoms with Gasteiger partial charge in [0.15, 0.2) is 0 Å². The van der Waals surface area contributed by atoms with Gasteiger partial charge in [0.05, 0.1) is 7.11 Å². The number of aryl methyl sites for hydroxylation is 1. The lowest BCUT2D eigenvalue weighted by Crippen LogP contribution is -2.36. The molecular formula is C24H29N3O. The Kier molecular flexibility index (Phi) is 5.77.